The van der Waals surface area contributed by atoms with Gasteiger partial charge in [0.25, 0.3) is 56.0 Å². The van der Waals surface area contributed by atoms with Gasteiger partial charge in [0, 0.05) is 77.2 Å². The second-order valence-electron chi connectivity index (χ2n) is 34.5. The maximum Gasteiger partial charge on any atom is 0.315 e. The Morgan fingerprint density at radius 2 is 0.866 bits per heavy atom. The van der Waals surface area contributed by atoms with Crippen molar-refractivity contribution in [2.45, 2.75) is 193 Å². The lowest BCUT2D eigenvalue weighted by Gasteiger charge is -2.33. The van der Waals surface area contributed by atoms with Crippen LogP contribution < -0.4 is 78.9 Å². The lowest BCUT2D eigenvalue weighted by Crippen LogP contribution is -2.42. The number of benzene rings is 6. The molecule has 1 aliphatic carbocycles. The van der Waals surface area contributed by atoms with Crippen molar-refractivity contribution in [3.63, 3.8) is 0 Å². The van der Waals surface area contributed by atoms with E-state index in [1.807, 2.05) is 50.8 Å². The third-order valence-electron chi connectivity index (χ3n) is 23.1. The molecule has 134 heavy (non-hydrogen) atoms. The Hall–Kier alpha value is -11.6. The van der Waals surface area contributed by atoms with Crippen molar-refractivity contribution in [3.05, 3.63) is 194 Å². The molecule has 36 nitrogen and oxygen atoms in total. The van der Waals surface area contributed by atoms with Gasteiger partial charge >= 0.3 is 6.03 Å². The Kier molecular flexibility index (Phi) is 37.5. The number of fused-ring (bicyclic) bond motifs is 5. The number of nitrogens with one attached hydrogen (secondary N) is 5. The van der Waals surface area contributed by atoms with Crippen molar-refractivity contribution < 1.29 is 85.0 Å². The highest BCUT2D eigenvalue weighted by Gasteiger charge is 2.51. The molecule has 0 aromatic heterocycles. The van der Waals surface area contributed by atoms with Crippen molar-refractivity contribution >= 4 is 103 Å². The minimum Gasteiger partial charge on any atom is -0.493 e. The number of unbranched alkanes of at least 4 members (excludes halogenated alkanes) is 4. The van der Waals surface area contributed by atoms with Gasteiger partial charge in [0.05, 0.1) is 87.6 Å². The van der Waals surface area contributed by atoms with Crippen LogP contribution in [0.2, 0.25) is 0 Å². The third kappa shape index (κ3) is 30.2. The van der Waals surface area contributed by atoms with Crippen molar-refractivity contribution in [1.29, 1.82) is 0 Å². The Morgan fingerprint density at radius 3 is 1.31 bits per heavy atom. The second kappa shape index (κ2) is 48.1. The summed E-state index contributed by atoms with van der Waals surface area (Å²) < 4.78 is 165. The summed E-state index contributed by atoms with van der Waals surface area (Å²) in [5.41, 5.74) is 36.8. The zero-order valence-electron chi connectivity index (χ0n) is 77.3. The molecule has 730 valence electrons. The van der Waals surface area contributed by atoms with E-state index in [-0.39, 0.29) is 100 Å². The van der Waals surface area contributed by atoms with Gasteiger partial charge in [0.15, 0.2) is 6.10 Å². The molecule has 5 amide bonds. The van der Waals surface area contributed by atoms with Crippen molar-refractivity contribution in [2.24, 2.45) is 73.8 Å². The highest BCUT2D eigenvalue weighted by atomic mass is 32.2. The van der Waals surface area contributed by atoms with Gasteiger partial charge in [-0.25, -0.2) is 46.9 Å². The summed E-state index contributed by atoms with van der Waals surface area (Å²) in [5.74, 6) is 3.03. The molecular formula is C93H129N17O19S5. The summed E-state index contributed by atoms with van der Waals surface area (Å²) in [7, 11) is -17.8. The summed E-state index contributed by atoms with van der Waals surface area (Å²) in [6.45, 7) is 26.6. The van der Waals surface area contributed by atoms with E-state index in [9.17, 15) is 61.3 Å². The SMILES string of the molecule is C=C(NCCC)N1CC[C@@H](COc2cccc3c2C(N)=NS(=O)(=O)C3)C1.CCCC(=O)N1CCCC(COc2cccc3c2C(N)=NS(=O)(=O)C3)C1.CCCCNC(=O)C(Oc1cccc2c1C(N)=NS(=O)(=O)C2)C(C)C.CCCNC(=O)C1(COc2cccc3c2C(N)=NS(=O)(=O)C3)CC1.CCc1ccc(CNC(=O)NCCCCCCOc2cccc3c2C(N)=NS(=O)(=O)C3)cc1. The summed E-state index contributed by atoms with van der Waals surface area (Å²) in [5, 5.41) is 14.9. The number of rotatable bonds is 36. The van der Waals surface area contributed by atoms with Crippen LogP contribution in [-0.4, -0.2) is 190 Å². The zero-order valence-corrected chi connectivity index (χ0v) is 81.4. The molecule has 8 aliphatic rings. The predicted molar refractivity (Wildman–Crippen MR) is 519 cm³/mol. The minimum absolute atomic E-state index is 0.00652. The molecule has 7 aliphatic heterocycles. The van der Waals surface area contributed by atoms with Crippen LogP contribution in [0.1, 0.15) is 212 Å². The molecule has 3 atom stereocenters. The Balaban J connectivity index is 0.000000174. The van der Waals surface area contributed by atoms with Crippen LogP contribution >= 0.6 is 0 Å². The Bertz CT molecular complexity index is 5950. The molecule has 6 aromatic rings. The first-order valence-corrected chi connectivity index (χ1v) is 53.6. The molecule has 0 radical (unpaired) electrons. The average Bonchev–Trinajstić information content (AvgIpc) is 1.75. The number of hydrogen-bond donors (Lipinski definition) is 10. The standard InChI is InChI=1S/C24H32N4O4S.C18H26N4O3S.C18H25N3O4S.C17H25N3O4S.C16H21N3O4S/c1-2-18-10-12-19(13-11-18)16-27-24(29)26-14-5-3-4-6-15-32-21-9-7-8-20-17-33(30,31)28-23(25)22(20)21;1-3-8-20-13(2)22-9-7-14(10-22)11-25-16-6-4-5-15-12-26(23,24)21-18(19)17(15)16;1-2-5-16(22)21-9-4-6-13(10-21)11-25-15-8-3-7-14-12-26(23,24)20-18(19)17(14)15;1-4-5-9-19-17(21)15(11(2)3)24-13-8-6-7-12-10-25(22,23)20-16(18)14(12)13;1-2-8-18-15(20)16(6-7-16)10-23-12-5-3-4-11-9-24(21,22)19-14(17)13(11)12/h7-13H,2-6,14-17H2,1H3,(H2,25,28)(H2,26,27,29);4-6,14,20H,2-3,7-12H2,1H3,(H2,19,21);3,7-8,13H,2,4-6,9-12H2,1H3,(H2,19,20);6-8,11,15H,4-5,9-10H2,1-3H3,(H2,18,20)(H,19,21);3-5H,2,6-10H2,1H3,(H2,17,19)(H,18,20)/t;14-;;;/m.1.../s1. The van der Waals surface area contributed by atoms with Gasteiger partial charge in [0.1, 0.15) is 64.5 Å². The highest BCUT2D eigenvalue weighted by Crippen LogP contribution is 2.47. The van der Waals surface area contributed by atoms with Gasteiger partial charge in [-0.1, -0.05) is 159 Å². The Labute approximate surface area is 787 Å². The number of sulfonamides is 5. The van der Waals surface area contributed by atoms with E-state index in [1.54, 1.807) is 84.9 Å². The quantitative estimate of drug-likeness (QED) is 0.0164. The van der Waals surface area contributed by atoms with Crippen molar-refractivity contribution in [3.8, 4) is 28.7 Å². The smallest absolute Gasteiger partial charge is 0.315 e. The van der Waals surface area contributed by atoms with Crippen LogP contribution in [0, 0.1) is 23.2 Å². The number of carbonyl (C=O) groups is 4. The molecule has 14 rings (SSSR count). The number of carbonyl (C=O) groups excluding carboxylic acids is 4. The van der Waals surface area contributed by atoms with E-state index in [1.165, 1.54) is 5.56 Å². The fourth-order valence-corrected chi connectivity index (χ4v) is 21.3. The molecule has 2 unspecified atom stereocenters. The van der Waals surface area contributed by atoms with Gasteiger partial charge in [-0.05, 0) is 152 Å². The van der Waals surface area contributed by atoms with E-state index in [4.69, 9.17) is 52.4 Å². The van der Waals surface area contributed by atoms with Crippen LogP contribution in [-0.2, 0) is 106 Å². The van der Waals surface area contributed by atoms with E-state index < -0.39 is 61.6 Å². The van der Waals surface area contributed by atoms with Crippen LogP contribution in [0.4, 0.5) is 4.79 Å². The first-order valence-electron chi connectivity index (χ1n) is 45.6. The molecule has 6 aromatic carbocycles. The van der Waals surface area contributed by atoms with E-state index in [0.717, 1.165) is 134 Å². The fraction of sp³-hybridized carbons (Fsp3) is 0.495. The monoisotopic (exact) mass is 1950 g/mol. The lowest BCUT2D eigenvalue weighted by molar-refractivity contribution is -0.133. The van der Waals surface area contributed by atoms with Crippen LogP contribution in [0.25, 0.3) is 0 Å². The van der Waals surface area contributed by atoms with Gasteiger partial charge in [-0.3, -0.25) is 14.4 Å². The zero-order chi connectivity index (χ0) is 97.1. The fourth-order valence-electron chi connectivity index (χ4n) is 15.9. The number of ether oxygens (including phenoxy) is 5. The molecule has 3 fully saturated rings. The lowest BCUT2D eigenvalue weighted by atomic mass is 9.98. The summed E-state index contributed by atoms with van der Waals surface area (Å²) in [6.07, 6.45) is 13.8. The number of hydrogen-bond acceptors (Lipinski definition) is 26. The maximum absolute atomic E-state index is 12.4. The molecular weight excluding hydrogens is 1820 g/mol. The second-order valence-corrected chi connectivity index (χ2v) is 42.6. The van der Waals surface area contributed by atoms with E-state index >= 15 is 0 Å². The number of aryl methyl sites for hydroxylation is 1. The predicted octanol–water partition coefficient (Wildman–Crippen LogP) is 8.77. The molecule has 1 saturated carbocycles. The summed E-state index contributed by atoms with van der Waals surface area (Å²) in [6, 6.07) is 34.2. The third-order valence-corrected chi connectivity index (χ3v) is 28.8. The van der Waals surface area contributed by atoms with Crippen molar-refractivity contribution in [2.75, 3.05) is 78.8 Å². The number of nitrogens with zero attached hydrogens (tertiary/aromatic N) is 7. The van der Waals surface area contributed by atoms with E-state index in [2.05, 4.69) is 93.0 Å². The number of amidine groups is 5. The van der Waals surface area contributed by atoms with Crippen LogP contribution in [0.15, 0.2) is 150 Å². The largest absolute Gasteiger partial charge is 0.493 e. The number of amides is 5. The van der Waals surface area contributed by atoms with Gasteiger partial charge < -0.3 is 88.7 Å². The molecule has 7 heterocycles. The minimum atomic E-state index is -3.61. The molecule has 0 spiro atoms. The Morgan fingerprint density at radius 1 is 0.448 bits per heavy atom. The molecule has 2 saturated heterocycles. The summed E-state index contributed by atoms with van der Waals surface area (Å²) in [4.78, 5) is 52.8. The normalized spacial score (nSPS) is 18.4. The van der Waals surface area contributed by atoms with E-state index in [0.29, 0.717) is 149 Å². The molecule has 41 heteroatoms. The average molecular weight is 1950 g/mol. The first-order chi connectivity index (χ1) is 63.8. The van der Waals surface area contributed by atoms with Crippen LogP contribution in [0.3, 0.4) is 0 Å². The maximum atomic E-state index is 12.4. The number of nitrogens with two attached hydrogens (primary N) is 5. The van der Waals surface area contributed by atoms with Crippen molar-refractivity contribution in [1.82, 2.24) is 36.4 Å². The van der Waals surface area contributed by atoms with Gasteiger partial charge in [-0.15, -0.1) is 22.0 Å². The first kappa shape index (κ1) is 105. The highest BCUT2D eigenvalue weighted by molar-refractivity contribution is 7.90. The number of piperidine rings is 1. The van der Waals surface area contributed by atoms with Gasteiger partial charge in [0.2, 0.25) is 11.8 Å². The van der Waals surface area contributed by atoms with Crippen LogP contribution in [0.5, 0.6) is 28.7 Å². The number of likely N-dealkylation sites (tertiary alicyclic amines) is 2. The van der Waals surface area contributed by atoms with Gasteiger partial charge in [-0.2, -0.15) is 0 Å². The summed E-state index contributed by atoms with van der Waals surface area (Å²) >= 11 is 0. The molecule has 0 bridgehead atoms. The molecule has 15 N–H and O–H groups in total. The number of urea groups is 1. The topological polar surface area (TPSA) is 544 Å².